The zero-order valence-electron chi connectivity index (χ0n) is 11.5. The lowest BCUT2D eigenvalue weighted by molar-refractivity contribution is 0.188. The van der Waals surface area contributed by atoms with Crippen molar-refractivity contribution >= 4 is 10.0 Å². The first kappa shape index (κ1) is 15.4. The van der Waals surface area contributed by atoms with E-state index >= 15 is 0 Å². The van der Waals surface area contributed by atoms with Crippen LogP contribution in [0, 0.1) is 5.82 Å². The molecule has 2 atom stereocenters. The van der Waals surface area contributed by atoms with E-state index in [9.17, 15) is 17.9 Å². The summed E-state index contributed by atoms with van der Waals surface area (Å²) in [5.41, 5.74) is 0. The van der Waals surface area contributed by atoms with Crippen molar-refractivity contribution in [2.75, 3.05) is 27.2 Å². The van der Waals surface area contributed by atoms with Gasteiger partial charge in [0.1, 0.15) is 10.7 Å². The fourth-order valence-electron chi connectivity index (χ4n) is 2.52. The molecule has 1 heterocycles. The Balaban J connectivity index is 2.35. The molecule has 0 aliphatic carbocycles. The van der Waals surface area contributed by atoms with Crippen LogP contribution in [0.5, 0.6) is 0 Å². The summed E-state index contributed by atoms with van der Waals surface area (Å²) in [5, 5.41) is 9.74. The Bertz CT molecular complexity index is 577. The van der Waals surface area contributed by atoms with Gasteiger partial charge in [0.25, 0.3) is 0 Å². The van der Waals surface area contributed by atoms with Gasteiger partial charge in [0.15, 0.2) is 0 Å². The minimum Gasteiger partial charge on any atom is -0.392 e. The SMILES string of the molecule is CN(C)CC1CC(O)CN1S(=O)(=O)c1ccccc1F. The Morgan fingerprint density at radius 2 is 2.05 bits per heavy atom. The van der Waals surface area contributed by atoms with E-state index in [1.807, 2.05) is 19.0 Å². The Morgan fingerprint density at radius 1 is 1.40 bits per heavy atom. The second-order valence-corrected chi connectivity index (χ2v) is 7.17. The van der Waals surface area contributed by atoms with Crippen molar-refractivity contribution in [1.29, 1.82) is 0 Å². The largest absolute Gasteiger partial charge is 0.392 e. The predicted molar refractivity (Wildman–Crippen MR) is 73.3 cm³/mol. The van der Waals surface area contributed by atoms with Gasteiger partial charge >= 0.3 is 0 Å². The van der Waals surface area contributed by atoms with Gasteiger partial charge < -0.3 is 10.0 Å². The number of hydrogen-bond donors (Lipinski definition) is 1. The second-order valence-electron chi connectivity index (χ2n) is 5.31. The van der Waals surface area contributed by atoms with Crippen LogP contribution in [-0.4, -0.2) is 62.1 Å². The van der Waals surface area contributed by atoms with Crippen LogP contribution in [0.1, 0.15) is 6.42 Å². The zero-order chi connectivity index (χ0) is 14.9. The van der Waals surface area contributed by atoms with Crippen LogP contribution in [0.2, 0.25) is 0 Å². The van der Waals surface area contributed by atoms with Gasteiger partial charge in [-0.05, 0) is 32.6 Å². The van der Waals surface area contributed by atoms with Gasteiger partial charge in [0, 0.05) is 19.1 Å². The molecule has 2 unspecified atom stereocenters. The molecule has 1 fully saturated rings. The van der Waals surface area contributed by atoms with Crippen molar-refractivity contribution in [3.63, 3.8) is 0 Å². The summed E-state index contributed by atoms with van der Waals surface area (Å²) in [7, 11) is -0.262. The molecule has 0 aromatic heterocycles. The van der Waals surface area contributed by atoms with Gasteiger partial charge in [-0.15, -0.1) is 0 Å². The third-order valence-corrected chi connectivity index (χ3v) is 5.29. The van der Waals surface area contributed by atoms with Gasteiger partial charge in [0.2, 0.25) is 10.0 Å². The molecular weight excluding hydrogens is 283 g/mol. The third-order valence-electron chi connectivity index (χ3n) is 3.34. The number of hydrogen-bond acceptors (Lipinski definition) is 4. The first-order valence-corrected chi connectivity index (χ1v) is 7.85. The number of nitrogens with zero attached hydrogens (tertiary/aromatic N) is 2. The van der Waals surface area contributed by atoms with Crippen LogP contribution in [0.25, 0.3) is 0 Å². The van der Waals surface area contributed by atoms with Crippen LogP contribution in [0.15, 0.2) is 29.2 Å². The van der Waals surface area contributed by atoms with Gasteiger partial charge in [-0.25, -0.2) is 12.8 Å². The standard InChI is InChI=1S/C13H19FN2O3S/c1-15(2)8-10-7-11(17)9-16(10)20(18,19)13-6-4-3-5-12(13)14/h3-6,10-11,17H,7-9H2,1-2H3. The Labute approximate surface area is 118 Å². The van der Waals surface area contributed by atoms with E-state index in [1.165, 1.54) is 22.5 Å². The predicted octanol–water partition coefficient (Wildman–Crippen LogP) is 0.511. The maximum Gasteiger partial charge on any atom is 0.246 e. The molecule has 0 radical (unpaired) electrons. The summed E-state index contributed by atoms with van der Waals surface area (Å²) < 4.78 is 40.0. The molecule has 1 N–H and O–H groups in total. The molecule has 0 bridgehead atoms. The number of rotatable bonds is 4. The maximum absolute atomic E-state index is 13.7. The number of aliphatic hydroxyl groups excluding tert-OH is 1. The molecule has 5 nitrogen and oxygen atoms in total. The summed E-state index contributed by atoms with van der Waals surface area (Å²) in [4.78, 5) is 1.52. The van der Waals surface area contributed by atoms with Crippen LogP contribution >= 0.6 is 0 Å². The fraction of sp³-hybridized carbons (Fsp3) is 0.538. The first-order valence-electron chi connectivity index (χ1n) is 6.41. The highest BCUT2D eigenvalue weighted by atomic mass is 32.2. The molecule has 20 heavy (non-hydrogen) atoms. The monoisotopic (exact) mass is 302 g/mol. The molecule has 1 aliphatic heterocycles. The number of aliphatic hydroxyl groups is 1. The lowest BCUT2D eigenvalue weighted by atomic mass is 10.2. The molecule has 1 aromatic rings. The smallest absolute Gasteiger partial charge is 0.246 e. The number of halogens is 1. The molecular formula is C13H19FN2O3S. The normalized spacial score (nSPS) is 24.4. The average Bonchev–Trinajstić information content (AvgIpc) is 2.70. The molecule has 0 saturated carbocycles. The van der Waals surface area contributed by atoms with E-state index < -0.39 is 21.9 Å². The highest BCUT2D eigenvalue weighted by Gasteiger charge is 2.40. The molecule has 112 valence electrons. The van der Waals surface area contributed by atoms with Crippen molar-refractivity contribution in [3.8, 4) is 0 Å². The average molecular weight is 302 g/mol. The minimum atomic E-state index is -3.93. The zero-order valence-corrected chi connectivity index (χ0v) is 12.3. The van der Waals surface area contributed by atoms with Crippen molar-refractivity contribution < 1.29 is 17.9 Å². The Morgan fingerprint density at radius 3 is 2.65 bits per heavy atom. The number of likely N-dealkylation sites (N-methyl/N-ethyl adjacent to an activating group) is 1. The molecule has 1 aliphatic rings. The number of β-amino-alcohol motifs (C(OH)–C–C–N with tert-alkyl or cyclic N) is 1. The first-order chi connectivity index (χ1) is 9.32. The molecule has 2 rings (SSSR count). The Hall–Kier alpha value is -1.02. The quantitative estimate of drug-likeness (QED) is 0.880. The lowest BCUT2D eigenvalue weighted by Crippen LogP contribution is -2.41. The highest BCUT2D eigenvalue weighted by molar-refractivity contribution is 7.89. The summed E-state index contributed by atoms with van der Waals surface area (Å²) >= 11 is 0. The summed E-state index contributed by atoms with van der Waals surface area (Å²) in [6.07, 6.45) is -0.340. The number of sulfonamides is 1. The summed E-state index contributed by atoms with van der Waals surface area (Å²) in [6.45, 7) is 0.500. The van der Waals surface area contributed by atoms with E-state index in [4.69, 9.17) is 0 Å². The lowest BCUT2D eigenvalue weighted by Gasteiger charge is -2.26. The van der Waals surface area contributed by atoms with Crippen LogP contribution in [0.4, 0.5) is 4.39 Å². The molecule has 0 amide bonds. The van der Waals surface area contributed by atoms with Gasteiger partial charge in [0.05, 0.1) is 6.10 Å². The third kappa shape index (κ3) is 3.01. The maximum atomic E-state index is 13.7. The van der Waals surface area contributed by atoms with Crippen LogP contribution < -0.4 is 0 Å². The fourth-order valence-corrected chi connectivity index (χ4v) is 4.26. The highest BCUT2D eigenvalue weighted by Crippen LogP contribution is 2.27. The number of benzene rings is 1. The Kier molecular flexibility index (Phi) is 4.43. The van der Waals surface area contributed by atoms with Gasteiger partial charge in [-0.1, -0.05) is 12.1 Å². The topological polar surface area (TPSA) is 60.9 Å². The van der Waals surface area contributed by atoms with E-state index in [1.54, 1.807) is 0 Å². The molecule has 7 heteroatoms. The molecule has 1 saturated heterocycles. The van der Waals surface area contributed by atoms with E-state index in [0.717, 1.165) is 6.07 Å². The molecule has 1 aromatic carbocycles. The van der Waals surface area contributed by atoms with E-state index in [2.05, 4.69) is 0 Å². The van der Waals surface area contributed by atoms with Crippen LogP contribution in [-0.2, 0) is 10.0 Å². The van der Waals surface area contributed by atoms with Gasteiger partial charge in [-0.2, -0.15) is 4.31 Å². The van der Waals surface area contributed by atoms with E-state index in [-0.39, 0.29) is 17.5 Å². The van der Waals surface area contributed by atoms with Crippen molar-refractivity contribution in [1.82, 2.24) is 9.21 Å². The van der Waals surface area contributed by atoms with Crippen LogP contribution in [0.3, 0.4) is 0 Å². The van der Waals surface area contributed by atoms with Crippen molar-refractivity contribution in [3.05, 3.63) is 30.1 Å². The minimum absolute atomic E-state index is 0.00910. The van der Waals surface area contributed by atoms with E-state index in [0.29, 0.717) is 13.0 Å². The second kappa shape index (κ2) is 5.77. The summed E-state index contributed by atoms with van der Waals surface area (Å²) in [6, 6.07) is 4.97. The molecule has 0 spiro atoms. The van der Waals surface area contributed by atoms with Gasteiger partial charge in [-0.3, -0.25) is 0 Å². The summed E-state index contributed by atoms with van der Waals surface area (Å²) in [5.74, 6) is -0.766. The van der Waals surface area contributed by atoms with Crippen molar-refractivity contribution in [2.24, 2.45) is 0 Å². The van der Waals surface area contributed by atoms with Crippen molar-refractivity contribution in [2.45, 2.75) is 23.5 Å².